The van der Waals surface area contributed by atoms with Crippen LogP contribution in [0.2, 0.25) is 0 Å². The number of benzene rings is 1. The number of phenols is 1. The van der Waals surface area contributed by atoms with E-state index in [2.05, 4.69) is 17.3 Å². The van der Waals surface area contributed by atoms with Gasteiger partial charge in [-0.2, -0.15) is 0 Å². The molecule has 0 fully saturated rings. The van der Waals surface area contributed by atoms with Crippen LogP contribution in [0.4, 0.5) is 0 Å². The molecule has 0 aliphatic carbocycles. The molecule has 0 amide bonds. The second kappa shape index (κ2) is 6.51. The number of hydrogen-bond donors (Lipinski definition) is 2. The van der Waals surface area contributed by atoms with Crippen molar-refractivity contribution in [3.63, 3.8) is 0 Å². The van der Waals surface area contributed by atoms with E-state index in [1.807, 2.05) is 26.1 Å². The fourth-order valence-corrected chi connectivity index (χ4v) is 1.74. The van der Waals surface area contributed by atoms with Crippen molar-refractivity contribution < 1.29 is 5.11 Å². The first-order valence-electron chi connectivity index (χ1n) is 5.75. The van der Waals surface area contributed by atoms with E-state index in [1.165, 1.54) is 5.56 Å². The first-order valence-corrected chi connectivity index (χ1v) is 5.75. The molecule has 0 unspecified atom stereocenters. The average Bonchev–Trinajstić information content (AvgIpc) is 2.24. The molecule has 3 heteroatoms. The van der Waals surface area contributed by atoms with Gasteiger partial charge in [0.05, 0.1) is 0 Å². The minimum atomic E-state index is 0.395. The van der Waals surface area contributed by atoms with Gasteiger partial charge < -0.3 is 15.3 Å². The second-order valence-corrected chi connectivity index (χ2v) is 4.33. The topological polar surface area (TPSA) is 35.5 Å². The van der Waals surface area contributed by atoms with Crippen LogP contribution in [0.1, 0.15) is 17.5 Å². The summed E-state index contributed by atoms with van der Waals surface area (Å²) in [6.45, 7) is 4.92. The largest absolute Gasteiger partial charge is 0.508 e. The summed E-state index contributed by atoms with van der Waals surface area (Å²) in [6.07, 6.45) is 1.12. The van der Waals surface area contributed by atoms with Crippen molar-refractivity contribution in [1.82, 2.24) is 10.2 Å². The zero-order valence-electron chi connectivity index (χ0n) is 10.5. The molecule has 0 aliphatic heterocycles. The highest BCUT2D eigenvalue weighted by atomic mass is 16.3. The third-order valence-corrected chi connectivity index (χ3v) is 2.64. The van der Waals surface area contributed by atoms with Gasteiger partial charge in [0.2, 0.25) is 0 Å². The Labute approximate surface area is 98.1 Å². The van der Waals surface area contributed by atoms with Crippen molar-refractivity contribution in [3.8, 4) is 5.75 Å². The first-order chi connectivity index (χ1) is 7.63. The molecule has 2 N–H and O–H groups in total. The van der Waals surface area contributed by atoms with Crippen LogP contribution in [-0.2, 0) is 6.54 Å². The lowest BCUT2D eigenvalue weighted by molar-refractivity contribution is 0.315. The highest BCUT2D eigenvalue weighted by molar-refractivity contribution is 5.35. The molecule has 0 radical (unpaired) electrons. The van der Waals surface area contributed by atoms with E-state index in [0.29, 0.717) is 5.75 Å². The molecule has 0 aromatic heterocycles. The summed E-state index contributed by atoms with van der Waals surface area (Å²) in [6, 6.07) is 5.75. The Morgan fingerprint density at radius 3 is 2.81 bits per heavy atom. The summed E-state index contributed by atoms with van der Waals surface area (Å²) in [4.78, 5) is 2.23. The maximum Gasteiger partial charge on any atom is 0.120 e. The van der Waals surface area contributed by atoms with Crippen LogP contribution in [0.15, 0.2) is 18.2 Å². The number of hydrogen-bond acceptors (Lipinski definition) is 3. The van der Waals surface area contributed by atoms with Crippen LogP contribution < -0.4 is 5.32 Å². The summed E-state index contributed by atoms with van der Waals surface area (Å²) in [5, 5.41) is 12.8. The molecule has 90 valence electrons. The predicted octanol–water partition coefficient (Wildman–Crippen LogP) is 1.74. The van der Waals surface area contributed by atoms with Crippen molar-refractivity contribution in [1.29, 1.82) is 0 Å². The Morgan fingerprint density at radius 2 is 2.12 bits per heavy atom. The molecule has 0 aliphatic rings. The molecule has 1 aromatic carbocycles. The van der Waals surface area contributed by atoms with Gasteiger partial charge in [0.1, 0.15) is 5.75 Å². The van der Waals surface area contributed by atoms with Gasteiger partial charge in [0.25, 0.3) is 0 Å². The van der Waals surface area contributed by atoms with E-state index in [-0.39, 0.29) is 0 Å². The van der Waals surface area contributed by atoms with E-state index in [1.54, 1.807) is 6.07 Å². The van der Waals surface area contributed by atoms with Crippen molar-refractivity contribution in [3.05, 3.63) is 29.3 Å². The molecule has 3 nitrogen and oxygen atoms in total. The highest BCUT2D eigenvalue weighted by Gasteiger charge is 2.04. The third-order valence-electron chi connectivity index (χ3n) is 2.64. The summed E-state index contributed by atoms with van der Waals surface area (Å²) in [5.74, 6) is 0.395. The maximum atomic E-state index is 9.72. The van der Waals surface area contributed by atoms with Crippen LogP contribution in [-0.4, -0.2) is 37.2 Å². The smallest absolute Gasteiger partial charge is 0.120 e. The third kappa shape index (κ3) is 4.21. The summed E-state index contributed by atoms with van der Waals surface area (Å²) >= 11 is 0. The van der Waals surface area contributed by atoms with Crippen molar-refractivity contribution in [2.24, 2.45) is 0 Å². The average molecular weight is 222 g/mol. The van der Waals surface area contributed by atoms with Gasteiger partial charge in [0, 0.05) is 12.1 Å². The van der Waals surface area contributed by atoms with Gasteiger partial charge >= 0.3 is 0 Å². The molecule has 0 saturated carbocycles. The minimum absolute atomic E-state index is 0.395. The number of aryl methyl sites for hydroxylation is 1. The monoisotopic (exact) mass is 222 g/mol. The fraction of sp³-hybridized carbons (Fsp3) is 0.538. The van der Waals surface area contributed by atoms with Gasteiger partial charge in [-0.3, -0.25) is 0 Å². The van der Waals surface area contributed by atoms with Crippen molar-refractivity contribution in [2.45, 2.75) is 19.9 Å². The Bertz CT molecular complexity index is 326. The lowest BCUT2D eigenvalue weighted by Gasteiger charge is -2.17. The fourth-order valence-electron chi connectivity index (χ4n) is 1.74. The predicted molar refractivity (Wildman–Crippen MR) is 67.7 cm³/mol. The van der Waals surface area contributed by atoms with E-state index in [0.717, 1.165) is 31.6 Å². The van der Waals surface area contributed by atoms with Gasteiger partial charge in [-0.05, 0) is 46.6 Å². The van der Waals surface area contributed by atoms with Crippen LogP contribution in [0.3, 0.4) is 0 Å². The Kier molecular flexibility index (Phi) is 5.29. The minimum Gasteiger partial charge on any atom is -0.508 e. The van der Waals surface area contributed by atoms with Gasteiger partial charge in [-0.15, -0.1) is 0 Å². The van der Waals surface area contributed by atoms with Gasteiger partial charge in [-0.25, -0.2) is 0 Å². The Hall–Kier alpha value is -1.06. The van der Waals surface area contributed by atoms with Gasteiger partial charge in [0.15, 0.2) is 0 Å². The molecule has 0 bridgehead atoms. The van der Waals surface area contributed by atoms with Crippen LogP contribution in [0.5, 0.6) is 5.75 Å². The normalized spacial score (nSPS) is 11.0. The van der Waals surface area contributed by atoms with E-state index in [9.17, 15) is 5.11 Å². The summed E-state index contributed by atoms with van der Waals surface area (Å²) in [5.41, 5.74) is 2.20. The molecular weight excluding hydrogens is 200 g/mol. The van der Waals surface area contributed by atoms with Gasteiger partial charge in [-0.1, -0.05) is 17.7 Å². The SMILES string of the molecule is CNCCCN(C)Cc1cc(C)ccc1O. The summed E-state index contributed by atoms with van der Waals surface area (Å²) < 4.78 is 0. The molecule has 1 aromatic rings. The first kappa shape index (κ1) is 13.0. The molecule has 0 saturated heterocycles. The molecule has 1 rings (SSSR count). The second-order valence-electron chi connectivity index (χ2n) is 4.33. The van der Waals surface area contributed by atoms with Crippen molar-refractivity contribution in [2.75, 3.05) is 27.2 Å². The molecule has 16 heavy (non-hydrogen) atoms. The number of nitrogens with zero attached hydrogens (tertiary/aromatic N) is 1. The number of phenolic OH excluding ortho intramolecular Hbond substituents is 1. The molecule has 0 spiro atoms. The van der Waals surface area contributed by atoms with Crippen LogP contribution >= 0.6 is 0 Å². The molecule has 0 heterocycles. The van der Waals surface area contributed by atoms with E-state index in [4.69, 9.17) is 0 Å². The van der Waals surface area contributed by atoms with E-state index < -0.39 is 0 Å². The van der Waals surface area contributed by atoms with E-state index >= 15 is 0 Å². The standard InChI is InChI=1S/C13H22N2O/c1-11-5-6-13(16)12(9-11)10-15(3)8-4-7-14-2/h5-6,9,14,16H,4,7-8,10H2,1-3H3. The van der Waals surface area contributed by atoms with Crippen LogP contribution in [0.25, 0.3) is 0 Å². The zero-order chi connectivity index (χ0) is 12.0. The number of rotatable bonds is 6. The summed E-state index contributed by atoms with van der Waals surface area (Å²) in [7, 11) is 4.05. The lowest BCUT2D eigenvalue weighted by Crippen LogP contribution is -2.22. The number of nitrogens with one attached hydrogen (secondary N) is 1. The highest BCUT2D eigenvalue weighted by Crippen LogP contribution is 2.19. The zero-order valence-corrected chi connectivity index (χ0v) is 10.5. The Morgan fingerprint density at radius 1 is 1.38 bits per heavy atom. The Balaban J connectivity index is 2.48. The quantitative estimate of drug-likeness (QED) is 0.720. The molecular formula is C13H22N2O. The van der Waals surface area contributed by atoms with Crippen LogP contribution in [0, 0.1) is 6.92 Å². The lowest BCUT2D eigenvalue weighted by atomic mass is 10.1. The van der Waals surface area contributed by atoms with Crippen molar-refractivity contribution >= 4 is 0 Å². The maximum absolute atomic E-state index is 9.72. The molecule has 0 atom stereocenters. The number of aromatic hydroxyl groups is 1.